The van der Waals surface area contributed by atoms with Gasteiger partial charge in [-0.25, -0.2) is 0 Å². The number of benzene rings is 1. The molecule has 0 spiro atoms. The summed E-state index contributed by atoms with van der Waals surface area (Å²) in [6.45, 7) is 1.02. The van der Waals surface area contributed by atoms with Gasteiger partial charge in [-0.1, -0.05) is 29.3 Å². The van der Waals surface area contributed by atoms with Gasteiger partial charge in [-0.2, -0.15) is 0 Å². The summed E-state index contributed by atoms with van der Waals surface area (Å²) in [6, 6.07) is 5.23. The molecular formula is C13H17Cl2NO3. The number of hydrogen-bond donors (Lipinski definition) is 1. The Balaban J connectivity index is 1.95. The predicted octanol–water partition coefficient (Wildman–Crippen LogP) is 2.50. The molecule has 1 fully saturated rings. The van der Waals surface area contributed by atoms with Gasteiger partial charge in [0.25, 0.3) is 0 Å². The highest BCUT2D eigenvalue weighted by Crippen LogP contribution is 2.36. The average Bonchev–Trinajstić information content (AvgIpc) is 2.37. The van der Waals surface area contributed by atoms with Gasteiger partial charge >= 0.3 is 0 Å². The van der Waals surface area contributed by atoms with E-state index in [1.54, 1.807) is 25.3 Å². The first kappa shape index (κ1) is 14.9. The van der Waals surface area contributed by atoms with Gasteiger partial charge in [-0.3, -0.25) is 0 Å². The molecule has 0 heterocycles. The summed E-state index contributed by atoms with van der Waals surface area (Å²) in [7, 11) is 1.63. The number of nitrogens with two attached hydrogens (primary N) is 1. The lowest BCUT2D eigenvalue weighted by atomic mass is 9.86. The molecule has 0 aliphatic heterocycles. The largest absolute Gasteiger partial charge is 0.484 e. The standard InChI is InChI=1S/C13H17Cl2NO3/c1-17-5-6-18-13-10(16)7-11(13)19-12-8(14)3-2-4-9(12)15/h2-4,10-11,13H,5-7,16H2,1H3. The van der Waals surface area contributed by atoms with Crippen molar-refractivity contribution in [2.24, 2.45) is 5.73 Å². The molecule has 0 radical (unpaired) electrons. The van der Waals surface area contributed by atoms with Gasteiger partial charge in [0.2, 0.25) is 0 Å². The van der Waals surface area contributed by atoms with Crippen molar-refractivity contribution in [3.63, 3.8) is 0 Å². The van der Waals surface area contributed by atoms with Crippen molar-refractivity contribution in [3.05, 3.63) is 28.2 Å². The Kier molecular flexibility index (Phi) is 5.30. The highest BCUT2D eigenvalue weighted by atomic mass is 35.5. The zero-order valence-corrected chi connectivity index (χ0v) is 12.2. The van der Waals surface area contributed by atoms with Crippen molar-refractivity contribution in [2.45, 2.75) is 24.7 Å². The van der Waals surface area contributed by atoms with E-state index in [0.717, 1.165) is 6.42 Å². The van der Waals surface area contributed by atoms with E-state index in [1.165, 1.54) is 0 Å². The number of para-hydroxylation sites is 1. The second-order valence-electron chi connectivity index (χ2n) is 4.43. The fourth-order valence-electron chi connectivity index (χ4n) is 1.98. The Morgan fingerprint density at radius 1 is 1.26 bits per heavy atom. The van der Waals surface area contributed by atoms with Crippen LogP contribution < -0.4 is 10.5 Å². The van der Waals surface area contributed by atoms with Crippen LogP contribution >= 0.6 is 23.2 Å². The summed E-state index contributed by atoms with van der Waals surface area (Å²) in [4.78, 5) is 0. The van der Waals surface area contributed by atoms with E-state index in [2.05, 4.69) is 0 Å². The first-order valence-electron chi connectivity index (χ1n) is 6.10. The molecule has 3 unspecified atom stereocenters. The van der Waals surface area contributed by atoms with Gasteiger partial charge in [-0.15, -0.1) is 0 Å². The molecule has 19 heavy (non-hydrogen) atoms. The Bertz CT molecular complexity index is 410. The van der Waals surface area contributed by atoms with Gasteiger partial charge in [0.15, 0.2) is 5.75 Å². The Hall–Kier alpha value is -0.520. The van der Waals surface area contributed by atoms with Crippen LogP contribution in [-0.4, -0.2) is 38.6 Å². The number of methoxy groups -OCH3 is 1. The van der Waals surface area contributed by atoms with Crippen LogP contribution in [0.5, 0.6) is 5.75 Å². The monoisotopic (exact) mass is 305 g/mol. The number of halogens is 2. The third kappa shape index (κ3) is 3.52. The number of rotatable bonds is 6. The van der Waals surface area contributed by atoms with Gasteiger partial charge in [0.1, 0.15) is 12.2 Å². The van der Waals surface area contributed by atoms with Crippen molar-refractivity contribution in [2.75, 3.05) is 20.3 Å². The third-order valence-electron chi connectivity index (χ3n) is 3.08. The lowest BCUT2D eigenvalue weighted by Gasteiger charge is -2.42. The van der Waals surface area contributed by atoms with Gasteiger partial charge in [0.05, 0.1) is 23.3 Å². The first-order chi connectivity index (χ1) is 9.13. The summed E-state index contributed by atoms with van der Waals surface area (Å²) in [5, 5.41) is 0.979. The van der Waals surface area contributed by atoms with E-state index in [-0.39, 0.29) is 18.2 Å². The average molecular weight is 306 g/mol. The minimum absolute atomic E-state index is 0.0249. The molecule has 3 atom stereocenters. The lowest BCUT2D eigenvalue weighted by Crippen LogP contribution is -2.59. The highest BCUT2D eigenvalue weighted by molar-refractivity contribution is 6.37. The van der Waals surface area contributed by atoms with Gasteiger partial charge in [0, 0.05) is 19.6 Å². The summed E-state index contributed by atoms with van der Waals surface area (Å²) in [6.07, 6.45) is 0.450. The van der Waals surface area contributed by atoms with E-state index in [9.17, 15) is 0 Å². The molecule has 1 aliphatic rings. The molecule has 2 rings (SSSR count). The van der Waals surface area contributed by atoms with Crippen molar-refractivity contribution >= 4 is 23.2 Å². The second-order valence-corrected chi connectivity index (χ2v) is 5.25. The minimum atomic E-state index is -0.150. The molecule has 4 nitrogen and oxygen atoms in total. The Labute approximate surface area is 122 Å². The number of ether oxygens (including phenoxy) is 3. The molecule has 1 aromatic carbocycles. The first-order valence-corrected chi connectivity index (χ1v) is 6.86. The Morgan fingerprint density at radius 3 is 2.53 bits per heavy atom. The maximum absolute atomic E-state index is 6.06. The van der Waals surface area contributed by atoms with Crippen LogP contribution in [0.15, 0.2) is 18.2 Å². The van der Waals surface area contributed by atoms with E-state index >= 15 is 0 Å². The van der Waals surface area contributed by atoms with Crippen molar-refractivity contribution in [3.8, 4) is 5.75 Å². The van der Waals surface area contributed by atoms with Gasteiger partial charge in [-0.05, 0) is 12.1 Å². The van der Waals surface area contributed by atoms with Crippen LogP contribution in [0.3, 0.4) is 0 Å². The van der Waals surface area contributed by atoms with E-state index in [1.807, 2.05) is 0 Å². The maximum atomic E-state index is 6.06. The molecule has 0 aromatic heterocycles. The molecule has 0 bridgehead atoms. The fourth-order valence-corrected chi connectivity index (χ4v) is 2.46. The molecule has 1 aliphatic carbocycles. The smallest absolute Gasteiger partial charge is 0.157 e. The van der Waals surface area contributed by atoms with E-state index in [4.69, 9.17) is 43.1 Å². The number of hydrogen-bond acceptors (Lipinski definition) is 4. The maximum Gasteiger partial charge on any atom is 0.157 e. The molecule has 1 aromatic rings. The molecule has 106 valence electrons. The van der Waals surface area contributed by atoms with Crippen LogP contribution in [0.4, 0.5) is 0 Å². The lowest BCUT2D eigenvalue weighted by molar-refractivity contribution is -0.106. The van der Waals surface area contributed by atoms with Gasteiger partial charge < -0.3 is 19.9 Å². The summed E-state index contributed by atoms with van der Waals surface area (Å²) in [5.74, 6) is 0.489. The molecule has 6 heteroatoms. The zero-order valence-electron chi connectivity index (χ0n) is 10.6. The normalized spacial score (nSPS) is 26.0. The summed E-state index contributed by atoms with van der Waals surface area (Å²) < 4.78 is 16.4. The molecule has 2 N–H and O–H groups in total. The molecule has 0 amide bonds. The third-order valence-corrected chi connectivity index (χ3v) is 3.67. The van der Waals surface area contributed by atoms with Crippen molar-refractivity contribution in [1.82, 2.24) is 0 Å². The van der Waals surface area contributed by atoms with Crippen LogP contribution in [-0.2, 0) is 9.47 Å². The molecule has 1 saturated carbocycles. The Morgan fingerprint density at radius 2 is 1.95 bits per heavy atom. The van der Waals surface area contributed by atoms with Crippen molar-refractivity contribution in [1.29, 1.82) is 0 Å². The quantitative estimate of drug-likeness (QED) is 0.821. The van der Waals surface area contributed by atoms with E-state index < -0.39 is 0 Å². The summed E-state index contributed by atoms with van der Waals surface area (Å²) in [5.41, 5.74) is 5.91. The van der Waals surface area contributed by atoms with Crippen LogP contribution in [0, 0.1) is 0 Å². The fraction of sp³-hybridized carbons (Fsp3) is 0.538. The van der Waals surface area contributed by atoms with Crippen LogP contribution in [0.25, 0.3) is 0 Å². The van der Waals surface area contributed by atoms with Crippen LogP contribution in [0.2, 0.25) is 10.0 Å². The second kappa shape index (κ2) is 6.77. The molecule has 0 saturated heterocycles. The topological polar surface area (TPSA) is 53.7 Å². The molecular weight excluding hydrogens is 289 g/mol. The highest BCUT2D eigenvalue weighted by Gasteiger charge is 2.42. The SMILES string of the molecule is COCCOC1C(N)CC1Oc1c(Cl)cccc1Cl. The van der Waals surface area contributed by atoms with Crippen LogP contribution in [0.1, 0.15) is 6.42 Å². The van der Waals surface area contributed by atoms with E-state index in [0.29, 0.717) is 29.0 Å². The minimum Gasteiger partial charge on any atom is -0.484 e. The van der Waals surface area contributed by atoms with Crippen molar-refractivity contribution < 1.29 is 14.2 Å². The zero-order chi connectivity index (χ0) is 13.8. The summed E-state index contributed by atoms with van der Waals surface area (Å²) >= 11 is 12.1. The predicted molar refractivity (Wildman–Crippen MR) is 75.1 cm³/mol.